The number of anilines is 1. The van der Waals surface area contributed by atoms with Gasteiger partial charge in [0.25, 0.3) is 10.0 Å². The molecule has 0 unspecified atom stereocenters. The summed E-state index contributed by atoms with van der Waals surface area (Å²) in [6.07, 6.45) is 0.130. The summed E-state index contributed by atoms with van der Waals surface area (Å²) in [5.41, 5.74) is 1.29. The van der Waals surface area contributed by atoms with Crippen LogP contribution in [0.25, 0.3) is 0 Å². The molecule has 0 aliphatic heterocycles. The number of carbonyl (C=O) groups is 2. The van der Waals surface area contributed by atoms with Gasteiger partial charge in [0.05, 0.1) is 31.9 Å². The second kappa shape index (κ2) is 17.9. The topological polar surface area (TPSA) is 114 Å². The van der Waals surface area contributed by atoms with E-state index in [-0.39, 0.29) is 51.0 Å². The van der Waals surface area contributed by atoms with Crippen molar-refractivity contribution >= 4 is 62.3 Å². The summed E-state index contributed by atoms with van der Waals surface area (Å²) in [5.74, 6) is -0.390. The van der Waals surface area contributed by atoms with Crippen LogP contribution in [0.5, 0.6) is 17.2 Å². The number of carbonyl (C=O) groups excluding carboxylic acids is 2. The van der Waals surface area contributed by atoms with Crippen LogP contribution in [0, 0.1) is 5.92 Å². The van der Waals surface area contributed by atoms with E-state index in [1.165, 1.54) is 68.7 Å². The molecule has 1 atom stereocenters. The summed E-state index contributed by atoms with van der Waals surface area (Å²) in [5, 5.41) is 3.81. The van der Waals surface area contributed by atoms with E-state index in [1.807, 2.05) is 44.2 Å². The van der Waals surface area contributed by atoms with Crippen LogP contribution in [0.4, 0.5) is 5.69 Å². The van der Waals surface area contributed by atoms with E-state index >= 15 is 0 Å². The fraction of sp³-hybridized carbons (Fsp3) is 0.297. The molecule has 51 heavy (non-hydrogen) atoms. The Balaban J connectivity index is 1.90. The first-order valence-electron chi connectivity index (χ1n) is 15.9. The van der Waals surface area contributed by atoms with Crippen molar-refractivity contribution in [1.82, 2.24) is 10.2 Å². The van der Waals surface area contributed by atoms with Gasteiger partial charge in [-0.2, -0.15) is 0 Å². The standard InChI is InChI=1S/C37H40Cl3N3O7S/c1-24(2)21-41-37(45)32(17-25-9-7-6-8-10-25)42(22-26-11-12-27(38)18-30(26)40)36(44)23-43(31-19-28(39)13-15-33(31)48-3)51(46,47)29-14-16-34(49-4)35(20-29)50-5/h6-16,18-20,24,32H,17,21-23H2,1-5H3,(H,41,45)/t32-/m0/s1. The molecule has 0 saturated heterocycles. The molecular formula is C37H40Cl3N3O7S. The normalized spacial score (nSPS) is 11.9. The first-order chi connectivity index (χ1) is 24.3. The average molecular weight is 777 g/mol. The average Bonchev–Trinajstić information content (AvgIpc) is 3.11. The second-order valence-electron chi connectivity index (χ2n) is 11.9. The Morgan fingerprint density at radius 3 is 2.04 bits per heavy atom. The van der Waals surface area contributed by atoms with Crippen molar-refractivity contribution in [3.63, 3.8) is 0 Å². The molecule has 1 N–H and O–H groups in total. The molecule has 4 rings (SSSR count). The van der Waals surface area contributed by atoms with Gasteiger partial charge in [-0.25, -0.2) is 8.42 Å². The minimum atomic E-state index is -4.53. The molecule has 0 aliphatic carbocycles. The van der Waals surface area contributed by atoms with E-state index in [2.05, 4.69) is 5.32 Å². The molecule has 0 saturated carbocycles. The van der Waals surface area contributed by atoms with Crippen molar-refractivity contribution < 1.29 is 32.2 Å². The number of nitrogens with zero attached hydrogens (tertiary/aromatic N) is 2. The Morgan fingerprint density at radius 1 is 0.784 bits per heavy atom. The molecule has 0 aromatic heterocycles. The number of nitrogens with one attached hydrogen (secondary N) is 1. The van der Waals surface area contributed by atoms with Crippen molar-refractivity contribution in [2.75, 3.05) is 38.7 Å². The van der Waals surface area contributed by atoms with Gasteiger partial charge in [-0.3, -0.25) is 13.9 Å². The predicted molar refractivity (Wildman–Crippen MR) is 201 cm³/mol. The summed E-state index contributed by atoms with van der Waals surface area (Å²) in [4.78, 5) is 30.0. The third-order valence-electron chi connectivity index (χ3n) is 7.94. The van der Waals surface area contributed by atoms with Crippen LogP contribution < -0.4 is 23.8 Å². The second-order valence-corrected chi connectivity index (χ2v) is 15.1. The smallest absolute Gasteiger partial charge is 0.265 e. The molecule has 14 heteroatoms. The molecule has 0 bridgehead atoms. The minimum absolute atomic E-state index is 0.00137. The van der Waals surface area contributed by atoms with Crippen molar-refractivity contribution in [2.45, 2.75) is 37.8 Å². The Bertz CT molecular complexity index is 1950. The fourth-order valence-corrected chi connectivity index (χ4v) is 7.35. The van der Waals surface area contributed by atoms with Gasteiger partial charge in [-0.15, -0.1) is 0 Å². The molecule has 2 amide bonds. The number of hydrogen-bond acceptors (Lipinski definition) is 7. The van der Waals surface area contributed by atoms with Crippen LogP contribution in [0.1, 0.15) is 25.0 Å². The largest absolute Gasteiger partial charge is 0.495 e. The zero-order valence-corrected chi connectivity index (χ0v) is 31.9. The van der Waals surface area contributed by atoms with Crippen molar-refractivity contribution in [1.29, 1.82) is 0 Å². The van der Waals surface area contributed by atoms with Crippen LogP contribution >= 0.6 is 34.8 Å². The lowest BCUT2D eigenvalue weighted by Gasteiger charge is -2.34. The minimum Gasteiger partial charge on any atom is -0.495 e. The lowest BCUT2D eigenvalue weighted by molar-refractivity contribution is -0.140. The molecule has 10 nitrogen and oxygen atoms in total. The van der Waals surface area contributed by atoms with Gasteiger partial charge in [0.15, 0.2) is 11.5 Å². The van der Waals surface area contributed by atoms with E-state index in [4.69, 9.17) is 49.0 Å². The van der Waals surface area contributed by atoms with Gasteiger partial charge in [0.1, 0.15) is 18.3 Å². The van der Waals surface area contributed by atoms with Gasteiger partial charge in [-0.1, -0.05) is 85.0 Å². The quantitative estimate of drug-likeness (QED) is 0.127. The molecule has 0 heterocycles. The third-order valence-corrected chi connectivity index (χ3v) is 10.5. The highest BCUT2D eigenvalue weighted by Gasteiger charge is 2.36. The lowest BCUT2D eigenvalue weighted by Crippen LogP contribution is -2.53. The summed E-state index contributed by atoms with van der Waals surface area (Å²) >= 11 is 19.2. The summed E-state index contributed by atoms with van der Waals surface area (Å²) in [6, 6.07) is 21.5. The first-order valence-corrected chi connectivity index (χ1v) is 18.5. The van der Waals surface area contributed by atoms with Crippen LogP contribution in [0.3, 0.4) is 0 Å². The first kappa shape index (κ1) is 39.6. The zero-order valence-electron chi connectivity index (χ0n) is 28.9. The summed E-state index contributed by atoms with van der Waals surface area (Å²) < 4.78 is 46.4. The molecule has 4 aromatic carbocycles. The molecule has 4 aromatic rings. The Kier molecular flexibility index (Phi) is 13.9. The van der Waals surface area contributed by atoms with Crippen LogP contribution in [-0.2, 0) is 32.6 Å². The number of sulfonamides is 1. The van der Waals surface area contributed by atoms with Gasteiger partial charge in [-0.05, 0) is 59.5 Å². The van der Waals surface area contributed by atoms with Gasteiger partial charge < -0.3 is 24.4 Å². The van der Waals surface area contributed by atoms with Crippen molar-refractivity contribution in [3.8, 4) is 17.2 Å². The number of hydrogen-bond donors (Lipinski definition) is 1. The molecule has 0 spiro atoms. The molecule has 0 fully saturated rings. The third kappa shape index (κ3) is 10.0. The van der Waals surface area contributed by atoms with Crippen molar-refractivity contribution in [3.05, 3.63) is 111 Å². The van der Waals surface area contributed by atoms with E-state index in [0.29, 0.717) is 22.9 Å². The number of rotatable bonds is 16. The van der Waals surface area contributed by atoms with Crippen LogP contribution in [0.2, 0.25) is 15.1 Å². The number of methoxy groups -OCH3 is 3. The number of ether oxygens (including phenoxy) is 3. The molecular weight excluding hydrogens is 737 g/mol. The van der Waals surface area contributed by atoms with E-state index in [9.17, 15) is 18.0 Å². The van der Waals surface area contributed by atoms with E-state index in [0.717, 1.165) is 9.87 Å². The maximum Gasteiger partial charge on any atom is 0.265 e. The maximum atomic E-state index is 14.8. The monoisotopic (exact) mass is 775 g/mol. The molecule has 0 aliphatic rings. The molecule has 272 valence electrons. The van der Waals surface area contributed by atoms with E-state index in [1.54, 1.807) is 12.1 Å². The Labute approximate surface area is 314 Å². The lowest BCUT2D eigenvalue weighted by atomic mass is 10.0. The number of halogens is 3. The van der Waals surface area contributed by atoms with Crippen molar-refractivity contribution in [2.24, 2.45) is 5.92 Å². The van der Waals surface area contributed by atoms with Crippen LogP contribution in [-0.4, -0.2) is 65.6 Å². The zero-order chi connectivity index (χ0) is 37.3. The Hall–Kier alpha value is -4.16. The van der Waals surface area contributed by atoms with Gasteiger partial charge >= 0.3 is 0 Å². The number of benzene rings is 4. The SMILES string of the molecule is COc1ccc(S(=O)(=O)N(CC(=O)N(Cc2ccc(Cl)cc2Cl)[C@@H](Cc2ccccc2)C(=O)NCC(C)C)c2cc(Cl)ccc2OC)cc1OC. The van der Waals surface area contributed by atoms with E-state index < -0.39 is 34.4 Å². The summed E-state index contributed by atoms with van der Waals surface area (Å²) in [6.45, 7) is 3.38. The molecule has 0 radical (unpaired) electrons. The highest BCUT2D eigenvalue weighted by atomic mass is 35.5. The Morgan fingerprint density at radius 2 is 1.41 bits per heavy atom. The predicted octanol–water partition coefficient (Wildman–Crippen LogP) is 7.28. The van der Waals surface area contributed by atoms with Gasteiger partial charge in [0, 0.05) is 40.6 Å². The number of amides is 2. The maximum absolute atomic E-state index is 14.8. The highest BCUT2D eigenvalue weighted by molar-refractivity contribution is 7.92. The van der Waals surface area contributed by atoms with Gasteiger partial charge in [0.2, 0.25) is 11.8 Å². The van der Waals surface area contributed by atoms with Crippen LogP contribution in [0.15, 0.2) is 89.8 Å². The highest BCUT2D eigenvalue weighted by Crippen LogP contribution is 2.37. The fourth-order valence-electron chi connectivity index (χ4n) is 5.29. The summed E-state index contributed by atoms with van der Waals surface area (Å²) in [7, 11) is -0.350.